The molecule has 0 spiro atoms. The number of imidazole rings is 1. The Hall–Kier alpha value is -2.74. The quantitative estimate of drug-likeness (QED) is 0.420. The van der Waals surface area contributed by atoms with Crippen molar-refractivity contribution in [1.29, 1.82) is 0 Å². The van der Waals surface area contributed by atoms with Gasteiger partial charge in [0.25, 0.3) is 0 Å². The summed E-state index contributed by atoms with van der Waals surface area (Å²) in [7, 11) is 0. The van der Waals surface area contributed by atoms with Crippen LogP contribution >= 0.6 is 0 Å². The van der Waals surface area contributed by atoms with Gasteiger partial charge >= 0.3 is 0 Å². The van der Waals surface area contributed by atoms with Crippen LogP contribution in [0.1, 0.15) is 80.3 Å². The monoisotopic (exact) mass is 457 g/mol. The highest BCUT2D eigenvalue weighted by Crippen LogP contribution is 2.24. The standard InChI is InChI=1S/C20H29N7O.C3H8.C2H6/c1-13(2)27-12-24-16-17(22-10-14-7-6-8-21-9-14)25-19(26-18(16)27)23-11-15(28)20(3,4)5;1-3-2;1-2/h6-9,12-13,15,28H,10-11H2,1-5H3,(H2,22,23,25,26);3H2,1-2H3;1-2H3. The molecule has 0 aliphatic carbocycles. The second kappa shape index (κ2) is 13.7. The molecule has 3 N–H and O–H groups in total. The summed E-state index contributed by atoms with van der Waals surface area (Å²) in [6, 6.07) is 4.13. The lowest BCUT2D eigenvalue weighted by Gasteiger charge is -2.26. The lowest BCUT2D eigenvalue weighted by atomic mass is 9.89. The lowest BCUT2D eigenvalue weighted by Crippen LogP contribution is -2.33. The predicted molar refractivity (Wildman–Crippen MR) is 139 cm³/mol. The van der Waals surface area contributed by atoms with E-state index >= 15 is 0 Å². The van der Waals surface area contributed by atoms with Crippen LogP contribution < -0.4 is 10.6 Å². The Morgan fingerprint density at radius 3 is 2.30 bits per heavy atom. The normalized spacial score (nSPS) is 11.8. The van der Waals surface area contributed by atoms with Gasteiger partial charge in [0.05, 0.1) is 12.4 Å². The summed E-state index contributed by atoms with van der Waals surface area (Å²) >= 11 is 0. The predicted octanol–water partition coefficient (Wildman–Crippen LogP) is 5.68. The van der Waals surface area contributed by atoms with Crippen molar-refractivity contribution in [1.82, 2.24) is 24.5 Å². The van der Waals surface area contributed by atoms with Gasteiger partial charge in [0, 0.05) is 31.5 Å². The van der Waals surface area contributed by atoms with Crippen LogP contribution in [-0.4, -0.2) is 42.3 Å². The summed E-state index contributed by atoms with van der Waals surface area (Å²) in [5, 5.41) is 16.8. The van der Waals surface area contributed by atoms with Crippen LogP contribution in [0.4, 0.5) is 11.8 Å². The molecule has 0 bridgehead atoms. The number of hydrogen-bond donors (Lipinski definition) is 3. The van der Waals surface area contributed by atoms with Gasteiger partial charge in [-0.15, -0.1) is 0 Å². The third kappa shape index (κ3) is 8.61. The van der Waals surface area contributed by atoms with Gasteiger partial charge < -0.3 is 20.3 Å². The third-order valence-corrected chi connectivity index (χ3v) is 4.61. The molecule has 1 atom stereocenters. The molecule has 0 amide bonds. The first-order chi connectivity index (χ1) is 15.7. The second-order valence-electron chi connectivity index (χ2n) is 9.00. The Balaban J connectivity index is 0.00000101. The molecule has 0 aromatic carbocycles. The molecule has 3 aromatic rings. The fraction of sp³-hybridized carbons (Fsp3) is 0.600. The number of aliphatic hydroxyl groups is 1. The van der Waals surface area contributed by atoms with Crippen LogP contribution in [0.15, 0.2) is 30.9 Å². The Morgan fingerprint density at radius 1 is 1.09 bits per heavy atom. The molecule has 0 fully saturated rings. The number of rotatable bonds is 7. The number of fused-ring (bicyclic) bond motifs is 1. The molecule has 0 radical (unpaired) electrons. The molecule has 8 heteroatoms. The smallest absolute Gasteiger partial charge is 0.226 e. The molecular weight excluding hydrogens is 414 g/mol. The second-order valence-corrected chi connectivity index (χ2v) is 9.00. The van der Waals surface area contributed by atoms with Crippen molar-refractivity contribution in [2.75, 3.05) is 17.2 Å². The number of aromatic nitrogens is 5. The highest BCUT2D eigenvalue weighted by Gasteiger charge is 2.22. The minimum absolute atomic E-state index is 0.221. The summed E-state index contributed by atoms with van der Waals surface area (Å²) < 4.78 is 2.01. The summed E-state index contributed by atoms with van der Waals surface area (Å²) in [5.74, 6) is 1.12. The molecule has 8 nitrogen and oxygen atoms in total. The minimum Gasteiger partial charge on any atom is -0.391 e. The van der Waals surface area contributed by atoms with E-state index in [1.165, 1.54) is 6.42 Å². The first-order valence-corrected chi connectivity index (χ1v) is 12.0. The van der Waals surface area contributed by atoms with Crippen LogP contribution in [0.25, 0.3) is 11.2 Å². The molecule has 3 heterocycles. The van der Waals surface area contributed by atoms with Crippen molar-refractivity contribution < 1.29 is 5.11 Å². The Labute approximate surface area is 199 Å². The van der Waals surface area contributed by atoms with E-state index in [0.717, 1.165) is 16.7 Å². The average molecular weight is 458 g/mol. The average Bonchev–Trinajstić information content (AvgIpc) is 3.22. The molecule has 0 aliphatic rings. The number of aliphatic hydroxyl groups excluding tert-OH is 1. The van der Waals surface area contributed by atoms with E-state index in [4.69, 9.17) is 0 Å². The maximum Gasteiger partial charge on any atom is 0.226 e. The maximum atomic E-state index is 10.3. The number of anilines is 2. The van der Waals surface area contributed by atoms with Crippen molar-refractivity contribution in [2.45, 2.75) is 87.4 Å². The van der Waals surface area contributed by atoms with Crippen molar-refractivity contribution in [2.24, 2.45) is 5.41 Å². The molecule has 0 saturated carbocycles. The third-order valence-electron chi connectivity index (χ3n) is 4.61. The summed E-state index contributed by atoms with van der Waals surface area (Å²) in [5.41, 5.74) is 2.30. The first-order valence-electron chi connectivity index (χ1n) is 12.0. The molecule has 0 aliphatic heterocycles. The van der Waals surface area contributed by atoms with Gasteiger partial charge in [-0.05, 0) is 30.9 Å². The number of nitrogens with zero attached hydrogens (tertiary/aromatic N) is 5. The van der Waals surface area contributed by atoms with E-state index in [9.17, 15) is 5.11 Å². The lowest BCUT2D eigenvalue weighted by molar-refractivity contribution is 0.0744. The molecule has 1 unspecified atom stereocenters. The van der Waals surface area contributed by atoms with E-state index in [0.29, 0.717) is 24.9 Å². The molecular formula is C25H43N7O. The summed E-state index contributed by atoms with van der Waals surface area (Å²) in [6.07, 6.45) is 6.08. The minimum atomic E-state index is -0.520. The SMILES string of the molecule is CC.CC(C)n1cnc2c(NCc3cccnc3)nc(NCC(O)C(C)(C)C)nc21.CCC. The number of pyridine rings is 1. The van der Waals surface area contributed by atoms with Gasteiger partial charge in [-0.1, -0.05) is 61.0 Å². The number of hydrogen-bond acceptors (Lipinski definition) is 7. The molecule has 3 aromatic heterocycles. The van der Waals surface area contributed by atoms with E-state index < -0.39 is 6.10 Å². The highest BCUT2D eigenvalue weighted by molar-refractivity contribution is 5.84. The van der Waals surface area contributed by atoms with Crippen molar-refractivity contribution in [3.63, 3.8) is 0 Å². The topological polar surface area (TPSA) is 101 Å². The van der Waals surface area contributed by atoms with Gasteiger partial charge in [-0.2, -0.15) is 9.97 Å². The van der Waals surface area contributed by atoms with Crippen LogP contribution in [-0.2, 0) is 6.54 Å². The molecule has 184 valence electrons. The van der Waals surface area contributed by atoms with Crippen LogP contribution in [0.2, 0.25) is 0 Å². The zero-order valence-electron chi connectivity index (χ0n) is 21.8. The first kappa shape index (κ1) is 28.3. The van der Waals surface area contributed by atoms with E-state index in [-0.39, 0.29) is 11.5 Å². The van der Waals surface area contributed by atoms with E-state index in [1.807, 2.05) is 57.5 Å². The Morgan fingerprint density at radius 2 is 1.76 bits per heavy atom. The fourth-order valence-electron chi connectivity index (χ4n) is 2.68. The van der Waals surface area contributed by atoms with Crippen LogP contribution in [0.3, 0.4) is 0 Å². The Bertz CT molecular complexity index is 933. The van der Waals surface area contributed by atoms with Crippen molar-refractivity contribution in [3.05, 3.63) is 36.4 Å². The van der Waals surface area contributed by atoms with Crippen LogP contribution in [0.5, 0.6) is 0 Å². The maximum absolute atomic E-state index is 10.3. The van der Waals surface area contributed by atoms with Gasteiger partial charge in [-0.3, -0.25) is 4.98 Å². The largest absolute Gasteiger partial charge is 0.391 e. The Kier molecular flexibility index (Phi) is 11.8. The molecule has 33 heavy (non-hydrogen) atoms. The summed E-state index contributed by atoms with van der Waals surface area (Å²) in [6.45, 7) is 19.4. The molecule has 3 rings (SSSR count). The van der Waals surface area contributed by atoms with Gasteiger partial charge in [-0.25, -0.2) is 4.98 Å². The van der Waals surface area contributed by atoms with Gasteiger partial charge in [0.2, 0.25) is 5.95 Å². The molecule has 0 saturated heterocycles. The van der Waals surface area contributed by atoms with Crippen molar-refractivity contribution in [3.8, 4) is 0 Å². The zero-order chi connectivity index (χ0) is 25.0. The fourth-order valence-corrected chi connectivity index (χ4v) is 2.68. The summed E-state index contributed by atoms with van der Waals surface area (Å²) in [4.78, 5) is 17.9. The van der Waals surface area contributed by atoms with Gasteiger partial charge in [0.15, 0.2) is 17.0 Å². The number of nitrogens with one attached hydrogen (secondary N) is 2. The zero-order valence-corrected chi connectivity index (χ0v) is 21.8. The van der Waals surface area contributed by atoms with Crippen molar-refractivity contribution >= 4 is 22.9 Å². The highest BCUT2D eigenvalue weighted by atomic mass is 16.3. The van der Waals surface area contributed by atoms with E-state index in [2.05, 4.69) is 58.3 Å². The van der Waals surface area contributed by atoms with Crippen LogP contribution in [0, 0.1) is 5.41 Å². The van der Waals surface area contributed by atoms with Gasteiger partial charge in [0.1, 0.15) is 0 Å². The van der Waals surface area contributed by atoms with E-state index in [1.54, 1.807) is 12.5 Å².